The monoisotopic (exact) mass is 317 g/mol. The lowest BCUT2D eigenvalue weighted by atomic mass is 10.1. The van der Waals surface area contributed by atoms with Crippen LogP contribution in [0, 0.1) is 0 Å². The molecule has 5 heteroatoms. The first-order valence-electron chi connectivity index (χ1n) is 6.95. The van der Waals surface area contributed by atoms with Crippen LogP contribution in [0.3, 0.4) is 0 Å². The van der Waals surface area contributed by atoms with Crippen molar-refractivity contribution in [3.05, 3.63) is 47.6 Å². The number of thiophene rings is 1. The van der Waals surface area contributed by atoms with E-state index in [9.17, 15) is 0 Å². The predicted octanol–water partition coefficient (Wildman–Crippen LogP) is 4.44. The number of fused-ring (bicyclic) bond motifs is 1. The van der Waals surface area contributed by atoms with Gasteiger partial charge in [-0.3, -0.25) is 0 Å². The van der Waals surface area contributed by atoms with Crippen LogP contribution in [0.15, 0.2) is 51.1 Å². The molecule has 0 aliphatic carbocycles. The molecule has 3 heterocycles. The number of rotatable bonds is 4. The minimum absolute atomic E-state index is 0.0871. The van der Waals surface area contributed by atoms with E-state index in [0.717, 1.165) is 17.2 Å². The first-order chi connectivity index (χ1) is 10.0. The summed E-state index contributed by atoms with van der Waals surface area (Å²) in [6.45, 7) is 7.36. The number of hydrogen-bond donors (Lipinski definition) is 1. The molecule has 0 saturated heterocycles. The van der Waals surface area contributed by atoms with Gasteiger partial charge in [-0.2, -0.15) is 0 Å². The van der Waals surface area contributed by atoms with Crippen molar-refractivity contribution in [1.29, 1.82) is 0 Å². The lowest BCUT2D eigenvalue weighted by Crippen LogP contribution is -2.35. The van der Waals surface area contributed by atoms with Crippen molar-refractivity contribution >= 4 is 28.7 Å². The molecule has 3 rings (SSSR count). The highest BCUT2D eigenvalue weighted by Gasteiger charge is 2.16. The van der Waals surface area contributed by atoms with Gasteiger partial charge in [0.25, 0.3) is 0 Å². The average molecular weight is 317 g/mol. The summed E-state index contributed by atoms with van der Waals surface area (Å²) in [6.07, 6.45) is 2.08. The number of nitrogens with one attached hydrogen (secondary N) is 1. The largest absolute Gasteiger partial charge is 0.306 e. The molecule has 0 unspecified atom stereocenters. The molecule has 21 heavy (non-hydrogen) atoms. The molecule has 0 amide bonds. The summed E-state index contributed by atoms with van der Waals surface area (Å²) in [6, 6.07) is 10.4. The zero-order chi connectivity index (χ0) is 14.9. The Balaban J connectivity index is 1.97. The number of imidazole rings is 1. The average Bonchev–Trinajstić information content (AvgIpc) is 3.03. The first-order valence-corrected chi connectivity index (χ1v) is 8.65. The zero-order valence-corrected chi connectivity index (χ0v) is 14.1. The third-order valence-corrected chi connectivity index (χ3v) is 5.13. The molecule has 0 saturated carbocycles. The zero-order valence-electron chi connectivity index (χ0n) is 12.5. The summed E-state index contributed by atoms with van der Waals surface area (Å²) in [5.41, 5.74) is 2.31. The molecule has 0 aliphatic heterocycles. The number of aromatic nitrogens is 2. The van der Waals surface area contributed by atoms with Gasteiger partial charge in [0, 0.05) is 18.3 Å². The van der Waals surface area contributed by atoms with E-state index in [1.807, 2.05) is 6.07 Å². The number of hydrogen-bond acceptors (Lipinski definition) is 4. The van der Waals surface area contributed by atoms with Crippen LogP contribution in [0.5, 0.6) is 0 Å². The quantitative estimate of drug-likeness (QED) is 0.771. The van der Waals surface area contributed by atoms with E-state index in [2.05, 4.69) is 66.3 Å². The maximum atomic E-state index is 4.78. The Hall–Kier alpha value is -1.30. The summed E-state index contributed by atoms with van der Waals surface area (Å²) < 4.78 is 3.45. The number of pyridine rings is 1. The van der Waals surface area contributed by atoms with Crippen LogP contribution in [-0.4, -0.2) is 14.9 Å². The lowest BCUT2D eigenvalue weighted by Gasteiger charge is -2.20. The second-order valence-electron chi connectivity index (χ2n) is 5.93. The van der Waals surface area contributed by atoms with Crippen LogP contribution in [-0.2, 0) is 6.54 Å². The molecule has 0 bridgehead atoms. The van der Waals surface area contributed by atoms with Gasteiger partial charge in [0.2, 0.25) is 0 Å². The first kappa shape index (κ1) is 14.6. The minimum Gasteiger partial charge on any atom is -0.306 e. The van der Waals surface area contributed by atoms with E-state index < -0.39 is 0 Å². The standard InChI is InChI=1S/C16H19N3S2/c1-16(2,3)17-11-12-15(21-14-8-6-10-20-14)18-13-7-4-5-9-19(12)13/h4-10,17H,11H2,1-3H3. The molecule has 0 aromatic carbocycles. The molecule has 0 radical (unpaired) electrons. The van der Waals surface area contributed by atoms with Gasteiger partial charge in [-0.15, -0.1) is 11.3 Å². The summed E-state index contributed by atoms with van der Waals surface area (Å²) >= 11 is 3.50. The Labute approximate surface area is 133 Å². The van der Waals surface area contributed by atoms with E-state index in [-0.39, 0.29) is 5.54 Å². The Kier molecular flexibility index (Phi) is 4.06. The van der Waals surface area contributed by atoms with E-state index in [1.165, 1.54) is 9.90 Å². The Morgan fingerprint density at radius 1 is 1.24 bits per heavy atom. The van der Waals surface area contributed by atoms with Crippen molar-refractivity contribution in [2.45, 2.75) is 42.1 Å². The molecule has 0 fully saturated rings. The summed E-state index contributed by atoms with van der Waals surface area (Å²) in [4.78, 5) is 4.78. The predicted molar refractivity (Wildman–Crippen MR) is 90.2 cm³/mol. The molecular formula is C16H19N3S2. The van der Waals surface area contributed by atoms with Gasteiger partial charge in [-0.25, -0.2) is 4.98 Å². The van der Waals surface area contributed by atoms with Crippen molar-refractivity contribution in [3.8, 4) is 0 Å². The van der Waals surface area contributed by atoms with Crippen LogP contribution < -0.4 is 5.32 Å². The third kappa shape index (κ3) is 3.48. The van der Waals surface area contributed by atoms with Gasteiger partial charge in [-0.05, 0) is 44.4 Å². The topological polar surface area (TPSA) is 29.3 Å². The van der Waals surface area contributed by atoms with Crippen molar-refractivity contribution < 1.29 is 0 Å². The van der Waals surface area contributed by atoms with Gasteiger partial charge in [0.1, 0.15) is 10.7 Å². The molecular weight excluding hydrogens is 298 g/mol. The van der Waals surface area contributed by atoms with E-state index in [0.29, 0.717) is 0 Å². The SMILES string of the molecule is CC(C)(C)NCc1c(Sc2cccs2)nc2ccccn12. The van der Waals surface area contributed by atoms with Crippen molar-refractivity contribution in [1.82, 2.24) is 14.7 Å². The normalized spacial score (nSPS) is 12.1. The van der Waals surface area contributed by atoms with Crippen LogP contribution in [0.1, 0.15) is 26.5 Å². The second kappa shape index (κ2) is 5.83. The Morgan fingerprint density at radius 3 is 2.81 bits per heavy atom. The Bertz CT molecular complexity index is 724. The van der Waals surface area contributed by atoms with Crippen molar-refractivity contribution in [3.63, 3.8) is 0 Å². The lowest BCUT2D eigenvalue weighted by molar-refractivity contribution is 0.418. The Morgan fingerprint density at radius 2 is 2.10 bits per heavy atom. The molecule has 3 nitrogen and oxygen atoms in total. The van der Waals surface area contributed by atoms with Gasteiger partial charge in [0.15, 0.2) is 0 Å². The smallest absolute Gasteiger partial charge is 0.138 e. The van der Waals surface area contributed by atoms with Gasteiger partial charge in [-0.1, -0.05) is 23.9 Å². The fourth-order valence-electron chi connectivity index (χ4n) is 2.03. The van der Waals surface area contributed by atoms with E-state index in [4.69, 9.17) is 4.98 Å². The summed E-state index contributed by atoms with van der Waals surface area (Å²) in [7, 11) is 0. The van der Waals surface area contributed by atoms with Crippen molar-refractivity contribution in [2.75, 3.05) is 0 Å². The van der Waals surface area contributed by atoms with Crippen molar-refractivity contribution in [2.24, 2.45) is 0 Å². The highest BCUT2D eigenvalue weighted by atomic mass is 32.2. The highest BCUT2D eigenvalue weighted by Crippen LogP contribution is 2.33. The molecule has 3 aromatic heterocycles. The molecule has 0 atom stereocenters. The second-order valence-corrected chi connectivity index (χ2v) is 8.17. The van der Waals surface area contributed by atoms with Crippen LogP contribution in [0.4, 0.5) is 0 Å². The third-order valence-electron chi connectivity index (χ3n) is 3.07. The van der Waals surface area contributed by atoms with Gasteiger partial charge < -0.3 is 9.72 Å². The summed E-state index contributed by atoms with van der Waals surface area (Å²) in [5, 5.41) is 6.75. The minimum atomic E-state index is 0.0871. The number of nitrogens with zero attached hydrogens (tertiary/aromatic N) is 2. The molecule has 3 aromatic rings. The van der Waals surface area contributed by atoms with Gasteiger partial charge >= 0.3 is 0 Å². The van der Waals surface area contributed by atoms with Crippen LogP contribution in [0.2, 0.25) is 0 Å². The van der Waals surface area contributed by atoms with E-state index in [1.54, 1.807) is 23.1 Å². The molecule has 0 aliphatic rings. The van der Waals surface area contributed by atoms with Gasteiger partial charge in [0.05, 0.1) is 9.90 Å². The van der Waals surface area contributed by atoms with Crippen LogP contribution in [0.25, 0.3) is 5.65 Å². The molecule has 1 N–H and O–H groups in total. The maximum absolute atomic E-state index is 4.78. The van der Waals surface area contributed by atoms with E-state index >= 15 is 0 Å². The maximum Gasteiger partial charge on any atom is 0.138 e. The molecule has 110 valence electrons. The summed E-state index contributed by atoms with van der Waals surface area (Å²) in [5.74, 6) is 0. The van der Waals surface area contributed by atoms with Crippen LogP contribution >= 0.6 is 23.1 Å². The fraction of sp³-hybridized carbons (Fsp3) is 0.312. The molecule has 0 spiro atoms. The highest BCUT2D eigenvalue weighted by molar-refractivity contribution is 8.01. The fourth-order valence-corrected chi connectivity index (χ4v) is 3.84.